The molecule has 0 fully saturated rings. The SMILES string of the molecule is Cc1cc(C(=O)CN(C)S(=O)(=O)c2cccs2)c(C)n1Cc1cccs1. The Bertz CT molecular complexity index is 1000. The number of rotatable bonds is 7. The molecule has 0 saturated heterocycles. The fraction of sp³-hybridized carbons (Fsp3) is 0.278. The van der Waals surface area contributed by atoms with Crippen molar-refractivity contribution < 1.29 is 13.2 Å². The zero-order chi connectivity index (χ0) is 18.9. The summed E-state index contributed by atoms with van der Waals surface area (Å²) in [7, 11) is -2.19. The molecule has 3 rings (SSSR count). The van der Waals surface area contributed by atoms with Crippen molar-refractivity contribution in [1.82, 2.24) is 8.87 Å². The van der Waals surface area contributed by atoms with Crippen LogP contribution >= 0.6 is 22.7 Å². The van der Waals surface area contributed by atoms with Crippen LogP contribution in [0.1, 0.15) is 26.6 Å². The maximum absolute atomic E-state index is 12.7. The Labute approximate surface area is 161 Å². The minimum atomic E-state index is -3.63. The van der Waals surface area contributed by atoms with Gasteiger partial charge in [0.05, 0.1) is 13.1 Å². The van der Waals surface area contributed by atoms with Crippen molar-refractivity contribution in [3.05, 3.63) is 62.9 Å². The summed E-state index contributed by atoms with van der Waals surface area (Å²) in [4.78, 5) is 14.0. The van der Waals surface area contributed by atoms with Gasteiger partial charge in [0.15, 0.2) is 5.78 Å². The summed E-state index contributed by atoms with van der Waals surface area (Å²) in [6, 6.07) is 9.15. The predicted molar refractivity (Wildman–Crippen MR) is 106 cm³/mol. The number of sulfonamides is 1. The average Bonchev–Trinajstić information content (AvgIpc) is 3.33. The Morgan fingerprint density at radius 3 is 2.46 bits per heavy atom. The van der Waals surface area contributed by atoms with Gasteiger partial charge in [-0.25, -0.2) is 8.42 Å². The highest BCUT2D eigenvalue weighted by molar-refractivity contribution is 7.91. The number of likely N-dealkylation sites (N-methyl/N-ethyl adjacent to an activating group) is 1. The van der Waals surface area contributed by atoms with Crippen molar-refractivity contribution in [3.8, 4) is 0 Å². The normalized spacial score (nSPS) is 12.0. The van der Waals surface area contributed by atoms with Crippen LogP contribution in [0, 0.1) is 13.8 Å². The van der Waals surface area contributed by atoms with Crippen LogP contribution in [-0.4, -0.2) is 36.7 Å². The van der Waals surface area contributed by atoms with Crippen molar-refractivity contribution >= 4 is 38.5 Å². The molecule has 0 aliphatic rings. The first kappa shape index (κ1) is 19.0. The lowest BCUT2D eigenvalue weighted by molar-refractivity contribution is 0.0972. The molecule has 0 unspecified atom stereocenters. The second-order valence-electron chi connectivity index (χ2n) is 6.07. The molecule has 8 heteroatoms. The van der Waals surface area contributed by atoms with Gasteiger partial charge in [0, 0.05) is 28.9 Å². The van der Waals surface area contributed by atoms with E-state index in [1.54, 1.807) is 28.8 Å². The minimum absolute atomic E-state index is 0.177. The zero-order valence-electron chi connectivity index (χ0n) is 14.8. The Hall–Kier alpha value is -1.74. The highest BCUT2D eigenvalue weighted by Crippen LogP contribution is 2.22. The molecule has 3 heterocycles. The lowest BCUT2D eigenvalue weighted by Gasteiger charge is -2.15. The van der Waals surface area contributed by atoms with E-state index in [0.717, 1.165) is 27.0 Å². The van der Waals surface area contributed by atoms with E-state index < -0.39 is 10.0 Å². The van der Waals surface area contributed by atoms with Crippen molar-refractivity contribution in [1.29, 1.82) is 0 Å². The summed E-state index contributed by atoms with van der Waals surface area (Å²) in [5, 5.41) is 3.74. The zero-order valence-corrected chi connectivity index (χ0v) is 17.2. The van der Waals surface area contributed by atoms with E-state index in [1.165, 1.54) is 11.9 Å². The van der Waals surface area contributed by atoms with E-state index in [4.69, 9.17) is 0 Å². The number of carbonyl (C=O) groups excluding carboxylic acids is 1. The molecule has 0 spiro atoms. The van der Waals surface area contributed by atoms with Gasteiger partial charge >= 0.3 is 0 Å². The topological polar surface area (TPSA) is 59.4 Å². The van der Waals surface area contributed by atoms with E-state index in [2.05, 4.69) is 10.6 Å². The van der Waals surface area contributed by atoms with E-state index in [9.17, 15) is 13.2 Å². The number of Topliss-reactive ketones (excluding diaryl/α,β-unsaturated/α-hetero) is 1. The van der Waals surface area contributed by atoms with E-state index >= 15 is 0 Å². The molecule has 0 aliphatic carbocycles. The smallest absolute Gasteiger partial charge is 0.252 e. The van der Waals surface area contributed by atoms with Gasteiger partial charge in [-0.15, -0.1) is 22.7 Å². The van der Waals surface area contributed by atoms with Crippen molar-refractivity contribution in [2.24, 2.45) is 0 Å². The van der Waals surface area contributed by atoms with Gasteiger partial charge in [-0.05, 0) is 42.8 Å². The third-order valence-corrected chi connectivity index (χ3v) is 8.33. The molecule has 0 aromatic carbocycles. The van der Waals surface area contributed by atoms with E-state index in [0.29, 0.717) is 12.1 Å². The number of thiophene rings is 2. The maximum atomic E-state index is 12.7. The molecule has 26 heavy (non-hydrogen) atoms. The Balaban J connectivity index is 1.80. The molecule has 0 N–H and O–H groups in total. The third-order valence-electron chi connectivity index (χ3n) is 4.29. The molecule has 0 radical (unpaired) electrons. The summed E-state index contributed by atoms with van der Waals surface area (Å²) in [6.07, 6.45) is 0. The number of aryl methyl sites for hydroxylation is 1. The summed E-state index contributed by atoms with van der Waals surface area (Å²) in [5.74, 6) is -0.196. The van der Waals surface area contributed by atoms with Crippen LogP contribution in [-0.2, 0) is 16.6 Å². The summed E-state index contributed by atoms with van der Waals surface area (Å²) >= 11 is 2.82. The highest BCUT2D eigenvalue weighted by Gasteiger charge is 2.26. The van der Waals surface area contributed by atoms with Gasteiger partial charge in [-0.3, -0.25) is 4.79 Å². The lowest BCUT2D eigenvalue weighted by Crippen LogP contribution is -2.32. The molecule has 5 nitrogen and oxygen atoms in total. The molecule has 138 valence electrons. The van der Waals surface area contributed by atoms with Gasteiger partial charge in [0.1, 0.15) is 4.21 Å². The summed E-state index contributed by atoms with van der Waals surface area (Å²) < 4.78 is 28.5. The van der Waals surface area contributed by atoms with Crippen LogP contribution < -0.4 is 0 Å². The van der Waals surface area contributed by atoms with Crippen molar-refractivity contribution in [3.63, 3.8) is 0 Å². The van der Waals surface area contributed by atoms with Crippen LogP contribution in [0.15, 0.2) is 45.3 Å². The standard InChI is InChI=1S/C18H20N2O3S3/c1-13-10-16(14(2)20(13)11-15-6-4-8-24-15)17(21)12-19(3)26(22,23)18-7-5-9-25-18/h4-10H,11-12H2,1-3H3. The fourth-order valence-electron chi connectivity index (χ4n) is 2.82. The molecular formula is C18H20N2O3S3. The van der Waals surface area contributed by atoms with E-state index in [-0.39, 0.29) is 16.5 Å². The van der Waals surface area contributed by atoms with Crippen molar-refractivity contribution in [2.45, 2.75) is 24.6 Å². The van der Waals surface area contributed by atoms with Crippen LogP contribution in [0.3, 0.4) is 0 Å². The second kappa shape index (κ2) is 7.48. The van der Waals surface area contributed by atoms with Crippen LogP contribution in [0.2, 0.25) is 0 Å². The van der Waals surface area contributed by atoms with E-state index in [1.807, 2.05) is 31.4 Å². The monoisotopic (exact) mass is 408 g/mol. The van der Waals surface area contributed by atoms with Gasteiger partial charge in [-0.1, -0.05) is 12.1 Å². The number of hydrogen-bond donors (Lipinski definition) is 0. The summed E-state index contributed by atoms with van der Waals surface area (Å²) in [5.41, 5.74) is 2.43. The lowest BCUT2D eigenvalue weighted by atomic mass is 10.1. The minimum Gasteiger partial charge on any atom is -0.343 e. The molecule has 3 aromatic rings. The Morgan fingerprint density at radius 1 is 1.15 bits per heavy atom. The highest BCUT2D eigenvalue weighted by atomic mass is 32.2. The molecule has 3 aromatic heterocycles. The first-order chi connectivity index (χ1) is 12.3. The number of aromatic nitrogens is 1. The molecular weight excluding hydrogens is 388 g/mol. The van der Waals surface area contributed by atoms with Crippen molar-refractivity contribution in [2.75, 3.05) is 13.6 Å². The molecule has 0 atom stereocenters. The quantitative estimate of drug-likeness (QED) is 0.559. The second-order valence-corrected chi connectivity index (χ2v) is 10.3. The molecule has 0 saturated carbocycles. The largest absolute Gasteiger partial charge is 0.343 e. The third kappa shape index (κ3) is 3.68. The first-order valence-corrected chi connectivity index (χ1v) is 11.2. The van der Waals surface area contributed by atoms with Crippen LogP contribution in [0.5, 0.6) is 0 Å². The molecule has 0 bridgehead atoms. The molecule has 0 amide bonds. The maximum Gasteiger partial charge on any atom is 0.252 e. The average molecular weight is 409 g/mol. The fourth-order valence-corrected chi connectivity index (χ4v) is 5.84. The number of carbonyl (C=O) groups is 1. The first-order valence-electron chi connectivity index (χ1n) is 8.03. The number of ketones is 1. The van der Waals surface area contributed by atoms with Gasteiger partial charge in [0.2, 0.25) is 0 Å². The Kier molecular flexibility index (Phi) is 5.47. The Morgan fingerprint density at radius 2 is 1.85 bits per heavy atom. The van der Waals surface area contributed by atoms with Crippen LogP contribution in [0.4, 0.5) is 0 Å². The van der Waals surface area contributed by atoms with Crippen LogP contribution in [0.25, 0.3) is 0 Å². The summed E-state index contributed by atoms with van der Waals surface area (Å²) in [6.45, 7) is 4.40. The predicted octanol–water partition coefficient (Wildman–Crippen LogP) is 3.78. The number of hydrogen-bond acceptors (Lipinski definition) is 5. The molecule has 0 aliphatic heterocycles. The number of nitrogens with zero attached hydrogens (tertiary/aromatic N) is 2. The van der Waals surface area contributed by atoms with Gasteiger partial charge in [-0.2, -0.15) is 4.31 Å². The van der Waals surface area contributed by atoms with Gasteiger partial charge < -0.3 is 4.57 Å². The van der Waals surface area contributed by atoms with Gasteiger partial charge in [0.25, 0.3) is 10.0 Å².